The van der Waals surface area contributed by atoms with Crippen LogP contribution in [0.25, 0.3) is 32.9 Å². The molecule has 5 rings (SSSR count). The third kappa shape index (κ3) is 3.23. The molecule has 1 amide bonds. The molecular formula is C25H21BrN2O2. The first-order valence-electron chi connectivity index (χ1n) is 10.2. The van der Waals surface area contributed by atoms with Gasteiger partial charge in [0.2, 0.25) is 0 Å². The highest BCUT2D eigenvalue weighted by Crippen LogP contribution is 2.37. The fourth-order valence-electron chi connectivity index (χ4n) is 4.33. The Labute approximate surface area is 183 Å². The van der Waals surface area contributed by atoms with E-state index in [0.29, 0.717) is 19.7 Å². The number of ether oxygens (including phenoxy) is 1. The fraction of sp³-hybridized carbons (Fsp3) is 0.200. The van der Waals surface area contributed by atoms with Crippen molar-refractivity contribution in [2.45, 2.75) is 19.9 Å². The minimum Gasteiger partial charge on any atom is -0.450 e. The lowest BCUT2D eigenvalue weighted by Crippen LogP contribution is -2.37. The number of pyridine rings is 1. The van der Waals surface area contributed by atoms with Crippen molar-refractivity contribution in [3.8, 4) is 11.3 Å². The van der Waals surface area contributed by atoms with E-state index in [-0.39, 0.29) is 6.09 Å². The molecule has 0 radical (unpaired) electrons. The molecule has 1 aromatic heterocycles. The summed E-state index contributed by atoms with van der Waals surface area (Å²) in [5.74, 6) is 0. The molecule has 30 heavy (non-hydrogen) atoms. The van der Waals surface area contributed by atoms with Gasteiger partial charge >= 0.3 is 6.09 Å². The highest BCUT2D eigenvalue weighted by molar-refractivity contribution is 9.10. The third-order valence-electron chi connectivity index (χ3n) is 5.72. The van der Waals surface area contributed by atoms with Crippen LogP contribution < -0.4 is 0 Å². The van der Waals surface area contributed by atoms with Crippen LogP contribution in [0.2, 0.25) is 0 Å². The molecule has 0 atom stereocenters. The zero-order chi connectivity index (χ0) is 20.7. The fourth-order valence-corrected chi connectivity index (χ4v) is 4.60. The van der Waals surface area contributed by atoms with Crippen LogP contribution in [0.15, 0.2) is 65.1 Å². The molecule has 0 N–H and O–H groups in total. The monoisotopic (exact) mass is 460 g/mol. The van der Waals surface area contributed by atoms with Crippen molar-refractivity contribution in [3.63, 3.8) is 0 Å². The Kier molecular flexibility index (Phi) is 4.91. The van der Waals surface area contributed by atoms with Crippen molar-refractivity contribution in [2.24, 2.45) is 0 Å². The molecular weight excluding hydrogens is 440 g/mol. The van der Waals surface area contributed by atoms with Crippen LogP contribution in [0.3, 0.4) is 0 Å². The lowest BCUT2D eigenvalue weighted by atomic mass is 9.89. The topological polar surface area (TPSA) is 42.4 Å². The first-order chi connectivity index (χ1) is 14.7. The molecule has 0 bridgehead atoms. The van der Waals surface area contributed by atoms with E-state index in [4.69, 9.17) is 9.72 Å². The van der Waals surface area contributed by atoms with E-state index in [1.165, 1.54) is 21.7 Å². The van der Waals surface area contributed by atoms with E-state index in [9.17, 15) is 4.79 Å². The van der Waals surface area contributed by atoms with E-state index < -0.39 is 0 Å². The molecule has 1 aliphatic rings. The normalized spacial score (nSPS) is 13.5. The number of fused-ring (bicyclic) bond motifs is 5. The molecule has 5 heteroatoms. The van der Waals surface area contributed by atoms with Gasteiger partial charge in [-0.25, -0.2) is 9.78 Å². The summed E-state index contributed by atoms with van der Waals surface area (Å²) in [4.78, 5) is 19.3. The Morgan fingerprint density at radius 1 is 1.07 bits per heavy atom. The summed E-state index contributed by atoms with van der Waals surface area (Å²) in [5, 5.41) is 3.62. The molecule has 4 nitrogen and oxygen atoms in total. The molecule has 0 aliphatic carbocycles. The Morgan fingerprint density at radius 3 is 2.67 bits per heavy atom. The first-order valence-corrected chi connectivity index (χ1v) is 11.0. The van der Waals surface area contributed by atoms with Crippen LogP contribution in [-0.4, -0.2) is 29.1 Å². The summed E-state index contributed by atoms with van der Waals surface area (Å²) in [6, 6.07) is 20.9. The van der Waals surface area contributed by atoms with Crippen LogP contribution >= 0.6 is 15.9 Å². The van der Waals surface area contributed by atoms with Gasteiger partial charge in [-0.05, 0) is 47.9 Å². The highest BCUT2D eigenvalue weighted by Gasteiger charge is 2.27. The summed E-state index contributed by atoms with van der Waals surface area (Å²) in [6.07, 6.45) is 0.521. The molecule has 3 aromatic carbocycles. The largest absolute Gasteiger partial charge is 0.450 e. The van der Waals surface area contributed by atoms with Crippen molar-refractivity contribution in [3.05, 3.63) is 76.3 Å². The summed E-state index contributed by atoms with van der Waals surface area (Å²) in [7, 11) is 0. The van der Waals surface area contributed by atoms with E-state index >= 15 is 0 Å². The Hall–Kier alpha value is -2.92. The average Bonchev–Trinajstić information content (AvgIpc) is 2.78. The lowest BCUT2D eigenvalue weighted by Gasteiger charge is -2.30. The van der Waals surface area contributed by atoms with Crippen LogP contribution in [0.1, 0.15) is 18.1 Å². The van der Waals surface area contributed by atoms with Crippen molar-refractivity contribution in [2.75, 3.05) is 13.2 Å². The molecule has 150 valence electrons. The van der Waals surface area contributed by atoms with Crippen molar-refractivity contribution >= 4 is 43.7 Å². The average molecular weight is 461 g/mol. The predicted molar refractivity (Wildman–Crippen MR) is 124 cm³/mol. The van der Waals surface area contributed by atoms with Gasteiger partial charge < -0.3 is 9.64 Å². The third-order valence-corrected chi connectivity index (χ3v) is 6.24. The summed E-state index contributed by atoms with van der Waals surface area (Å²) < 4.78 is 6.30. The van der Waals surface area contributed by atoms with Crippen LogP contribution in [0, 0.1) is 0 Å². The Balaban J connectivity index is 1.77. The van der Waals surface area contributed by atoms with Gasteiger partial charge in [-0.15, -0.1) is 0 Å². The van der Waals surface area contributed by atoms with Crippen molar-refractivity contribution in [1.29, 1.82) is 0 Å². The van der Waals surface area contributed by atoms with E-state index in [1.807, 2.05) is 19.1 Å². The number of hydrogen-bond donors (Lipinski definition) is 0. The number of nitrogens with zero attached hydrogens (tertiary/aromatic N) is 2. The minimum atomic E-state index is -0.261. The zero-order valence-electron chi connectivity index (χ0n) is 16.7. The molecule has 0 fully saturated rings. The molecule has 4 aromatic rings. The van der Waals surface area contributed by atoms with E-state index in [0.717, 1.165) is 33.2 Å². The maximum absolute atomic E-state index is 12.5. The second-order valence-corrected chi connectivity index (χ2v) is 8.39. The van der Waals surface area contributed by atoms with Gasteiger partial charge in [0.15, 0.2) is 0 Å². The number of benzene rings is 3. The van der Waals surface area contributed by atoms with Crippen LogP contribution in [-0.2, 0) is 17.7 Å². The number of carbonyl (C=O) groups excluding carboxylic acids is 1. The summed E-state index contributed by atoms with van der Waals surface area (Å²) >= 11 is 3.52. The second-order valence-electron chi connectivity index (χ2n) is 7.48. The molecule has 0 saturated heterocycles. The first kappa shape index (κ1) is 19.1. The number of aromatic nitrogens is 1. The minimum absolute atomic E-state index is 0.261. The lowest BCUT2D eigenvalue weighted by molar-refractivity contribution is 0.103. The van der Waals surface area contributed by atoms with Crippen molar-refractivity contribution < 1.29 is 9.53 Å². The van der Waals surface area contributed by atoms with Crippen LogP contribution in [0.5, 0.6) is 0 Å². The SMILES string of the molecule is CCOC(=O)N1CCc2c(c(-c3ccc(Br)cc3)nc3ccc4ccccc4c23)C1. The maximum Gasteiger partial charge on any atom is 0.410 e. The zero-order valence-corrected chi connectivity index (χ0v) is 18.3. The number of rotatable bonds is 2. The number of halogens is 1. The molecule has 2 heterocycles. The predicted octanol–water partition coefficient (Wildman–Crippen LogP) is 6.33. The van der Waals surface area contributed by atoms with Gasteiger partial charge in [-0.2, -0.15) is 0 Å². The van der Waals surface area contributed by atoms with Gasteiger partial charge in [0, 0.05) is 27.5 Å². The van der Waals surface area contributed by atoms with Gasteiger partial charge in [0.05, 0.1) is 24.4 Å². The quantitative estimate of drug-likeness (QED) is 0.328. The molecule has 0 unspecified atom stereocenters. The van der Waals surface area contributed by atoms with Gasteiger partial charge in [-0.3, -0.25) is 0 Å². The van der Waals surface area contributed by atoms with Crippen LogP contribution in [0.4, 0.5) is 4.79 Å². The smallest absolute Gasteiger partial charge is 0.410 e. The Bertz CT molecular complexity index is 1270. The number of carbonyl (C=O) groups is 1. The summed E-state index contributed by atoms with van der Waals surface area (Å²) in [6.45, 7) is 3.37. The highest BCUT2D eigenvalue weighted by atomic mass is 79.9. The summed E-state index contributed by atoms with van der Waals surface area (Å²) in [5.41, 5.74) is 5.38. The van der Waals surface area contributed by atoms with Gasteiger partial charge in [-0.1, -0.05) is 58.4 Å². The molecule has 0 saturated carbocycles. The number of hydrogen-bond acceptors (Lipinski definition) is 3. The molecule has 0 spiro atoms. The number of amides is 1. The Morgan fingerprint density at radius 2 is 1.87 bits per heavy atom. The van der Waals surface area contributed by atoms with E-state index in [2.05, 4.69) is 64.5 Å². The van der Waals surface area contributed by atoms with Crippen molar-refractivity contribution in [1.82, 2.24) is 9.88 Å². The van der Waals surface area contributed by atoms with E-state index in [1.54, 1.807) is 4.90 Å². The maximum atomic E-state index is 12.5. The molecule has 1 aliphatic heterocycles. The van der Waals surface area contributed by atoms with Gasteiger partial charge in [0.25, 0.3) is 0 Å². The second kappa shape index (κ2) is 7.73. The van der Waals surface area contributed by atoms with Gasteiger partial charge in [0.1, 0.15) is 0 Å². The standard InChI is InChI=1S/C25H21BrN2O2/c1-2-30-25(29)28-14-13-20-21(15-28)24(17-7-10-18(26)11-8-17)27-22-12-9-16-5-3-4-6-19(16)23(20)22/h3-12H,2,13-15H2,1H3.